The average Bonchev–Trinajstić information content (AvgIpc) is 3.03. The van der Waals surface area contributed by atoms with Gasteiger partial charge in [0.05, 0.1) is 25.4 Å². The molecule has 9 nitrogen and oxygen atoms in total. The first-order valence-electron chi connectivity index (χ1n) is 18.4. The van der Waals surface area contributed by atoms with Crippen molar-refractivity contribution in [2.24, 2.45) is 0 Å². The van der Waals surface area contributed by atoms with Crippen LogP contribution in [-0.2, 0) is 14.3 Å². The van der Waals surface area contributed by atoms with Crippen molar-refractivity contribution in [3.8, 4) is 0 Å². The first-order chi connectivity index (χ1) is 21.8. The largest absolute Gasteiger partial charge is 0.394 e. The van der Waals surface area contributed by atoms with E-state index in [4.69, 9.17) is 9.47 Å². The summed E-state index contributed by atoms with van der Waals surface area (Å²) in [5.74, 6) is -0.191. The number of carbonyl (C=O) groups excluding carboxylic acids is 1. The molecule has 6 N–H and O–H groups in total. The van der Waals surface area contributed by atoms with E-state index >= 15 is 0 Å². The fraction of sp³-hybridized carbons (Fsp3) is 0.917. The zero-order valence-corrected chi connectivity index (χ0v) is 28.6. The zero-order chi connectivity index (χ0) is 33.1. The van der Waals surface area contributed by atoms with Crippen LogP contribution in [0.1, 0.15) is 155 Å². The number of amides is 1. The van der Waals surface area contributed by atoms with Gasteiger partial charge in [0.25, 0.3) is 0 Å². The second-order valence-electron chi connectivity index (χ2n) is 13.0. The minimum atomic E-state index is -1.56. The third-order valence-corrected chi connectivity index (χ3v) is 8.86. The fourth-order valence-electron chi connectivity index (χ4n) is 5.80. The molecule has 1 saturated heterocycles. The van der Waals surface area contributed by atoms with E-state index < -0.39 is 49.5 Å². The van der Waals surface area contributed by atoms with Gasteiger partial charge in [-0.3, -0.25) is 4.79 Å². The number of hydrogen-bond acceptors (Lipinski definition) is 8. The second-order valence-corrected chi connectivity index (χ2v) is 13.0. The maximum Gasteiger partial charge on any atom is 0.220 e. The molecule has 9 heteroatoms. The summed E-state index contributed by atoms with van der Waals surface area (Å²) in [5, 5.41) is 53.6. The molecule has 0 radical (unpaired) electrons. The lowest BCUT2D eigenvalue weighted by Gasteiger charge is -2.40. The minimum absolute atomic E-state index is 0.186. The molecule has 0 saturated carbocycles. The van der Waals surface area contributed by atoms with Crippen LogP contribution in [0.4, 0.5) is 0 Å². The summed E-state index contributed by atoms with van der Waals surface area (Å²) in [7, 11) is 0. The number of rotatable bonds is 29. The van der Waals surface area contributed by atoms with Crippen LogP contribution >= 0.6 is 0 Å². The lowest BCUT2D eigenvalue weighted by Crippen LogP contribution is -2.60. The van der Waals surface area contributed by atoms with Crippen LogP contribution in [0.3, 0.4) is 0 Å². The van der Waals surface area contributed by atoms with Gasteiger partial charge in [0.2, 0.25) is 5.91 Å². The van der Waals surface area contributed by atoms with Crippen LogP contribution in [0.25, 0.3) is 0 Å². The van der Waals surface area contributed by atoms with Crippen LogP contribution in [0.2, 0.25) is 0 Å². The molecule has 1 amide bonds. The Bertz CT molecular complexity index is 721. The number of carbonyl (C=O) groups is 1. The Morgan fingerprint density at radius 1 is 0.733 bits per heavy atom. The van der Waals surface area contributed by atoms with Crippen molar-refractivity contribution < 1.29 is 39.8 Å². The van der Waals surface area contributed by atoms with E-state index in [9.17, 15) is 30.3 Å². The van der Waals surface area contributed by atoms with Crippen LogP contribution in [0.15, 0.2) is 12.2 Å². The van der Waals surface area contributed by atoms with Gasteiger partial charge < -0.3 is 40.3 Å². The summed E-state index contributed by atoms with van der Waals surface area (Å²) < 4.78 is 11.1. The summed E-state index contributed by atoms with van der Waals surface area (Å²) >= 11 is 0. The highest BCUT2D eigenvalue weighted by molar-refractivity contribution is 5.76. The highest BCUT2D eigenvalue weighted by Gasteiger charge is 2.44. The minimum Gasteiger partial charge on any atom is -0.394 e. The number of aliphatic hydroxyl groups excluding tert-OH is 5. The number of aliphatic hydroxyl groups is 5. The molecule has 1 aliphatic rings. The van der Waals surface area contributed by atoms with Crippen LogP contribution in [0, 0.1) is 0 Å². The number of unbranched alkanes of at least 4 members (excludes halogenated alkanes) is 19. The van der Waals surface area contributed by atoms with E-state index in [1.807, 2.05) is 6.08 Å². The normalized spacial score (nSPS) is 23.4. The third kappa shape index (κ3) is 20.0. The van der Waals surface area contributed by atoms with E-state index in [1.165, 1.54) is 83.5 Å². The molecule has 0 aromatic carbocycles. The summed E-state index contributed by atoms with van der Waals surface area (Å²) in [5.41, 5.74) is 0. The van der Waals surface area contributed by atoms with Gasteiger partial charge in [-0.05, 0) is 19.3 Å². The molecule has 0 aromatic rings. The van der Waals surface area contributed by atoms with Crippen LogP contribution < -0.4 is 5.32 Å². The van der Waals surface area contributed by atoms with Gasteiger partial charge in [-0.25, -0.2) is 0 Å². The zero-order valence-electron chi connectivity index (χ0n) is 28.6. The molecule has 1 fully saturated rings. The van der Waals surface area contributed by atoms with E-state index in [0.29, 0.717) is 6.42 Å². The molecule has 0 aliphatic carbocycles. The monoisotopic (exact) mass is 644 g/mol. The number of hydrogen-bond donors (Lipinski definition) is 6. The van der Waals surface area contributed by atoms with Crippen molar-refractivity contribution >= 4 is 5.91 Å². The molecular weight excluding hydrogens is 574 g/mol. The number of ether oxygens (including phenoxy) is 2. The molecule has 7 atom stereocenters. The van der Waals surface area contributed by atoms with Crippen molar-refractivity contribution in [1.82, 2.24) is 5.32 Å². The summed E-state index contributed by atoms with van der Waals surface area (Å²) in [6.45, 7) is 3.66. The number of nitrogens with one attached hydrogen (secondary N) is 1. The maximum atomic E-state index is 12.6. The van der Waals surface area contributed by atoms with Gasteiger partial charge in [-0.2, -0.15) is 0 Å². The second kappa shape index (κ2) is 28.0. The smallest absolute Gasteiger partial charge is 0.220 e. The highest BCUT2D eigenvalue weighted by Crippen LogP contribution is 2.22. The fourth-order valence-corrected chi connectivity index (χ4v) is 5.80. The Morgan fingerprint density at radius 3 is 1.73 bits per heavy atom. The van der Waals surface area contributed by atoms with Crippen molar-refractivity contribution in [2.75, 3.05) is 13.2 Å². The van der Waals surface area contributed by atoms with Crippen molar-refractivity contribution in [1.29, 1.82) is 0 Å². The predicted octanol–water partition coefficient (Wildman–Crippen LogP) is 5.83. The Morgan fingerprint density at radius 2 is 1.22 bits per heavy atom. The topological polar surface area (TPSA) is 149 Å². The molecule has 1 heterocycles. The SMILES string of the molecule is CCCCCCCCCCCCCCCCC/C=C/C(O)C(COC1OC(CO)C(O)C(O)C1O)NC(=O)CCCCCCC. The van der Waals surface area contributed by atoms with Crippen molar-refractivity contribution in [3.63, 3.8) is 0 Å². The molecule has 0 bridgehead atoms. The lowest BCUT2D eigenvalue weighted by atomic mass is 9.99. The molecule has 1 rings (SSSR count). The van der Waals surface area contributed by atoms with Gasteiger partial charge in [-0.1, -0.05) is 142 Å². The molecular formula is C36H69NO8. The summed E-state index contributed by atoms with van der Waals surface area (Å²) in [6, 6.07) is -0.794. The Balaban J connectivity index is 2.37. The van der Waals surface area contributed by atoms with E-state index in [0.717, 1.165) is 51.4 Å². The van der Waals surface area contributed by atoms with Crippen molar-refractivity contribution in [3.05, 3.63) is 12.2 Å². The molecule has 0 aromatic heterocycles. The molecule has 7 unspecified atom stereocenters. The molecule has 1 aliphatic heterocycles. The predicted molar refractivity (Wildman–Crippen MR) is 180 cm³/mol. The number of allylic oxidation sites excluding steroid dienone is 1. The maximum absolute atomic E-state index is 12.6. The lowest BCUT2D eigenvalue weighted by molar-refractivity contribution is -0.302. The first kappa shape index (κ1) is 42.0. The van der Waals surface area contributed by atoms with E-state index in [-0.39, 0.29) is 12.5 Å². The standard InChI is InChI=1S/C36H69NO8/c1-3-5-7-9-10-11-12-13-14-15-16-17-18-19-20-22-23-25-30(39)29(37-32(40)26-24-21-8-6-4-2)28-44-36-35(43)34(42)33(41)31(27-38)45-36/h23,25,29-31,33-36,38-39,41-43H,3-22,24,26-28H2,1-2H3,(H,37,40)/b25-23+. The van der Waals surface area contributed by atoms with Gasteiger partial charge in [0, 0.05) is 6.42 Å². The Hall–Kier alpha value is -1.07. The molecule has 45 heavy (non-hydrogen) atoms. The van der Waals surface area contributed by atoms with Gasteiger partial charge in [0.15, 0.2) is 6.29 Å². The van der Waals surface area contributed by atoms with Crippen molar-refractivity contribution in [2.45, 2.75) is 198 Å². The van der Waals surface area contributed by atoms with Crippen LogP contribution in [-0.4, -0.2) is 87.5 Å². The Kier molecular flexibility index (Phi) is 26.1. The van der Waals surface area contributed by atoms with Gasteiger partial charge in [0.1, 0.15) is 24.4 Å². The summed E-state index contributed by atoms with van der Waals surface area (Å²) in [6.07, 6.45) is 21.5. The molecule has 266 valence electrons. The summed E-state index contributed by atoms with van der Waals surface area (Å²) in [4.78, 5) is 12.6. The first-order valence-corrected chi connectivity index (χ1v) is 18.4. The van der Waals surface area contributed by atoms with Gasteiger partial charge in [-0.15, -0.1) is 0 Å². The average molecular weight is 644 g/mol. The van der Waals surface area contributed by atoms with E-state index in [2.05, 4.69) is 19.2 Å². The third-order valence-electron chi connectivity index (χ3n) is 8.86. The Labute approximate surface area is 274 Å². The van der Waals surface area contributed by atoms with E-state index in [1.54, 1.807) is 6.08 Å². The quantitative estimate of drug-likeness (QED) is 0.0441. The van der Waals surface area contributed by atoms with Crippen LogP contribution in [0.5, 0.6) is 0 Å². The van der Waals surface area contributed by atoms with Gasteiger partial charge >= 0.3 is 0 Å². The highest BCUT2D eigenvalue weighted by atomic mass is 16.7. The molecule has 0 spiro atoms.